The van der Waals surface area contributed by atoms with E-state index < -0.39 is 0 Å². The summed E-state index contributed by atoms with van der Waals surface area (Å²) in [5, 5.41) is 8.62. The molecular formula is C75H144O31. The van der Waals surface area contributed by atoms with Gasteiger partial charge in [-0.15, -0.1) is 0 Å². The molecule has 0 heterocycles. The second kappa shape index (κ2) is 95.2. The standard InChI is InChI=1S/C75H144O31/c1-2-3-4-5-6-7-8-9-74-10-12-75(13-11-74)106-73-72-105-71-70-104-69-68-103-67-66-102-65-64-101-63-62-100-61-60-99-59-58-98-57-56-97-55-54-96-53-52-95-51-50-94-49-48-93-47-46-92-45-44-91-43-42-90-41-40-89-39-38-88-37-36-87-35-34-86-33-32-85-31-30-84-29-28-83-27-26-82-25-24-81-23-22-80-21-20-79-19-18-78-17-16-77-15-14-76/h10-13,76H,2-9,14-73H2,1H3. The van der Waals surface area contributed by atoms with Crippen LogP contribution in [0.15, 0.2) is 24.3 Å². The molecule has 0 spiro atoms. The molecule has 0 atom stereocenters. The van der Waals surface area contributed by atoms with E-state index in [-0.39, 0.29) is 6.61 Å². The Balaban J connectivity index is 1.60. The highest BCUT2D eigenvalue weighted by atomic mass is 16.6. The summed E-state index contributed by atoms with van der Waals surface area (Å²) in [6.07, 6.45) is 10.5. The fourth-order valence-electron chi connectivity index (χ4n) is 8.58. The number of ether oxygens (including phenoxy) is 30. The van der Waals surface area contributed by atoms with E-state index in [2.05, 4.69) is 31.2 Å². The van der Waals surface area contributed by atoms with Crippen LogP contribution in [0.1, 0.15) is 57.4 Å². The number of aryl methyl sites for hydroxylation is 1. The second-order valence-corrected chi connectivity index (χ2v) is 22.8. The largest absolute Gasteiger partial charge is 0.491 e. The first-order valence-corrected chi connectivity index (χ1v) is 38.9. The van der Waals surface area contributed by atoms with Gasteiger partial charge in [-0.1, -0.05) is 57.6 Å². The molecule has 106 heavy (non-hydrogen) atoms. The third-order valence-corrected chi connectivity index (χ3v) is 14.1. The number of hydrogen-bond donors (Lipinski definition) is 1. The van der Waals surface area contributed by atoms with Crippen molar-refractivity contribution in [1.29, 1.82) is 0 Å². The molecule has 0 aliphatic carbocycles. The predicted molar refractivity (Wildman–Crippen MR) is 394 cm³/mol. The minimum Gasteiger partial charge on any atom is -0.491 e. The molecule has 0 radical (unpaired) electrons. The van der Waals surface area contributed by atoms with Crippen molar-refractivity contribution in [3.05, 3.63) is 29.8 Å². The lowest BCUT2D eigenvalue weighted by Gasteiger charge is -2.09. The van der Waals surface area contributed by atoms with Gasteiger partial charge in [-0.05, 0) is 30.5 Å². The first-order valence-electron chi connectivity index (χ1n) is 38.9. The Morgan fingerprint density at radius 2 is 0.311 bits per heavy atom. The number of unbranched alkanes of at least 4 members (excludes halogenated alkanes) is 6. The van der Waals surface area contributed by atoms with Gasteiger partial charge in [-0.25, -0.2) is 0 Å². The lowest BCUT2D eigenvalue weighted by atomic mass is 10.0. The fourth-order valence-corrected chi connectivity index (χ4v) is 8.58. The fraction of sp³-hybridized carbons (Fsp3) is 0.920. The first kappa shape index (κ1) is 102. The summed E-state index contributed by atoms with van der Waals surface area (Å²) in [6, 6.07) is 8.44. The molecule has 0 bridgehead atoms. The Hall–Kier alpha value is -2.18. The number of rotatable bonds is 98. The minimum absolute atomic E-state index is 0.0164. The first-order chi connectivity index (χ1) is 52.9. The maximum absolute atomic E-state index is 8.62. The maximum Gasteiger partial charge on any atom is 0.119 e. The summed E-state index contributed by atoms with van der Waals surface area (Å²) in [6.45, 7) is 30.9. The average Bonchev–Trinajstić information content (AvgIpc) is 1.87. The second-order valence-electron chi connectivity index (χ2n) is 22.8. The molecule has 0 saturated heterocycles. The van der Waals surface area contributed by atoms with Crippen molar-refractivity contribution < 1.29 is 147 Å². The molecule has 1 aromatic carbocycles. The van der Waals surface area contributed by atoms with Crippen molar-refractivity contribution in [2.75, 3.05) is 396 Å². The third-order valence-electron chi connectivity index (χ3n) is 14.1. The molecule has 0 saturated carbocycles. The van der Waals surface area contributed by atoms with Gasteiger partial charge in [0.2, 0.25) is 0 Å². The van der Waals surface area contributed by atoms with Gasteiger partial charge in [0, 0.05) is 0 Å². The summed E-state index contributed by atoms with van der Waals surface area (Å²) in [5.74, 6) is 0.879. The lowest BCUT2D eigenvalue weighted by Crippen LogP contribution is -2.16. The van der Waals surface area contributed by atoms with Crippen molar-refractivity contribution in [2.24, 2.45) is 0 Å². The van der Waals surface area contributed by atoms with Crippen LogP contribution >= 0.6 is 0 Å². The van der Waals surface area contributed by atoms with Gasteiger partial charge in [0.25, 0.3) is 0 Å². The van der Waals surface area contributed by atoms with Gasteiger partial charge in [0.1, 0.15) is 12.4 Å². The van der Waals surface area contributed by atoms with E-state index in [4.69, 9.17) is 147 Å². The summed E-state index contributed by atoms with van der Waals surface area (Å²) >= 11 is 0. The van der Waals surface area contributed by atoms with Crippen LogP contribution in [0.3, 0.4) is 0 Å². The Kier molecular flexibility index (Phi) is 91.4. The molecule has 0 aliphatic rings. The van der Waals surface area contributed by atoms with Crippen LogP contribution in [-0.4, -0.2) is 402 Å². The molecular weight excluding hydrogens is 1400 g/mol. The Labute approximate surface area is 635 Å². The molecule has 31 heteroatoms. The third kappa shape index (κ3) is 89.0. The predicted octanol–water partition coefficient (Wildman–Crippen LogP) is 4.83. The topological polar surface area (TPSA) is 297 Å². The van der Waals surface area contributed by atoms with E-state index in [9.17, 15) is 0 Å². The molecule has 0 amide bonds. The number of benzene rings is 1. The van der Waals surface area contributed by atoms with E-state index in [0.717, 1.165) is 12.2 Å². The van der Waals surface area contributed by atoms with Crippen molar-refractivity contribution >= 4 is 0 Å². The smallest absolute Gasteiger partial charge is 0.119 e. The van der Waals surface area contributed by atoms with Gasteiger partial charge in [-0.3, -0.25) is 0 Å². The van der Waals surface area contributed by atoms with Crippen molar-refractivity contribution in [1.82, 2.24) is 0 Å². The molecule has 0 aromatic heterocycles. The highest BCUT2D eigenvalue weighted by Gasteiger charge is 2.04. The summed E-state index contributed by atoms with van der Waals surface area (Å²) in [5.41, 5.74) is 1.37. The number of hydrogen-bond acceptors (Lipinski definition) is 31. The van der Waals surface area contributed by atoms with Gasteiger partial charge in [0.05, 0.1) is 390 Å². The molecule has 0 aliphatic heterocycles. The SMILES string of the molecule is CCCCCCCCCc1ccc(OCCOCCOCCOCCOCCOCCOCCOCCOCCOCCOCCOCCOCCOCCOCCOCCOCCOCCOCCOCCOCCOCCOCCOCCOCCOCCOCCOCCOCCOCCO)cc1. The van der Waals surface area contributed by atoms with E-state index in [0.29, 0.717) is 390 Å². The van der Waals surface area contributed by atoms with E-state index in [1.54, 1.807) is 0 Å². The van der Waals surface area contributed by atoms with Gasteiger partial charge in [-0.2, -0.15) is 0 Å². The average molecular weight is 1540 g/mol. The molecule has 1 aromatic rings. The zero-order valence-electron chi connectivity index (χ0n) is 65.1. The molecule has 0 fully saturated rings. The van der Waals surface area contributed by atoms with Crippen LogP contribution in [-0.2, 0) is 144 Å². The molecule has 1 rings (SSSR count). The zero-order chi connectivity index (χ0) is 75.3. The Morgan fingerprint density at radius 3 is 0.472 bits per heavy atom. The van der Waals surface area contributed by atoms with Gasteiger partial charge in [0.15, 0.2) is 0 Å². The zero-order valence-corrected chi connectivity index (χ0v) is 65.1. The Morgan fingerprint density at radius 1 is 0.170 bits per heavy atom. The number of aliphatic hydroxyl groups excluding tert-OH is 1. The molecule has 1 N–H and O–H groups in total. The van der Waals surface area contributed by atoms with Crippen LogP contribution in [0.5, 0.6) is 5.75 Å². The molecule has 630 valence electrons. The highest BCUT2D eigenvalue weighted by molar-refractivity contribution is 5.27. The van der Waals surface area contributed by atoms with Gasteiger partial charge < -0.3 is 147 Å². The van der Waals surface area contributed by atoms with Crippen LogP contribution in [0.2, 0.25) is 0 Å². The van der Waals surface area contributed by atoms with Crippen LogP contribution in [0, 0.1) is 0 Å². The molecule has 31 nitrogen and oxygen atoms in total. The monoisotopic (exact) mass is 1540 g/mol. The van der Waals surface area contributed by atoms with Crippen LogP contribution in [0.4, 0.5) is 0 Å². The normalized spacial score (nSPS) is 11.8. The molecule has 0 unspecified atom stereocenters. The maximum atomic E-state index is 8.62. The van der Waals surface area contributed by atoms with E-state index >= 15 is 0 Å². The summed E-state index contributed by atoms with van der Waals surface area (Å²) in [7, 11) is 0. The Bertz CT molecular complexity index is 1710. The minimum atomic E-state index is 0.0164. The van der Waals surface area contributed by atoms with Crippen molar-refractivity contribution in [3.63, 3.8) is 0 Å². The van der Waals surface area contributed by atoms with Gasteiger partial charge >= 0.3 is 0 Å². The van der Waals surface area contributed by atoms with Crippen molar-refractivity contribution in [2.45, 2.75) is 58.3 Å². The lowest BCUT2D eigenvalue weighted by molar-refractivity contribution is -0.0324. The summed E-state index contributed by atoms with van der Waals surface area (Å²) < 4.78 is 166. The highest BCUT2D eigenvalue weighted by Crippen LogP contribution is 2.15. The van der Waals surface area contributed by atoms with Crippen LogP contribution in [0.25, 0.3) is 0 Å². The van der Waals surface area contributed by atoms with E-state index in [1.165, 1.54) is 50.5 Å². The van der Waals surface area contributed by atoms with Crippen LogP contribution < -0.4 is 4.74 Å². The van der Waals surface area contributed by atoms with E-state index in [1.807, 2.05) is 0 Å². The quantitative estimate of drug-likeness (QED) is 0.0854. The summed E-state index contributed by atoms with van der Waals surface area (Å²) in [4.78, 5) is 0. The number of aliphatic hydroxyl groups is 1. The van der Waals surface area contributed by atoms with Crippen molar-refractivity contribution in [3.8, 4) is 5.75 Å².